The first-order valence-electron chi connectivity index (χ1n) is 6.49. The number of anilines is 2. The van der Waals surface area contributed by atoms with E-state index in [9.17, 15) is 4.79 Å². The van der Waals surface area contributed by atoms with Crippen molar-refractivity contribution in [2.45, 2.75) is 25.4 Å². The summed E-state index contributed by atoms with van der Waals surface area (Å²) in [6.07, 6.45) is 5.34. The number of nitrogen functional groups attached to an aromatic ring is 1. The maximum absolute atomic E-state index is 11.4. The molecule has 0 radical (unpaired) electrons. The van der Waals surface area contributed by atoms with Gasteiger partial charge in [0.15, 0.2) is 0 Å². The Morgan fingerprint density at radius 1 is 1.50 bits per heavy atom. The number of hydrogen-bond acceptors (Lipinski definition) is 5. The van der Waals surface area contributed by atoms with Gasteiger partial charge in [0.2, 0.25) is 0 Å². The predicted octanol–water partition coefficient (Wildman–Crippen LogP) is 1.52. The van der Waals surface area contributed by atoms with E-state index in [1.54, 1.807) is 12.3 Å². The molecular weight excluding hydrogens is 256 g/mol. The number of nitrogens with zero attached hydrogens (tertiary/aromatic N) is 2. The van der Waals surface area contributed by atoms with Crippen molar-refractivity contribution in [3.05, 3.63) is 42.0 Å². The van der Waals surface area contributed by atoms with E-state index in [4.69, 9.17) is 15.9 Å². The Balaban J connectivity index is 1.91. The second-order valence-corrected chi connectivity index (χ2v) is 4.93. The largest absolute Gasteiger partial charge is 0.467 e. The Hall–Kier alpha value is -2.50. The molecule has 1 saturated carbocycles. The monoisotopic (exact) mass is 272 g/mol. The molecule has 4 N–H and O–H groups in total. The number of carbonyl (C=O) groups is 1. The summed E-state index contributed by atoms with van der Waals surface area (Å²) in [4.78, 5) is 17.8. The lowest BCUT2D eigenvalue weighted by Gasteiger charge is -2.23. The lowest BCUT2D eigenvalue weighted by molar-refractivity contribution is 0.100. The summed E-state index contributed by atoms with van der Waals surface area (Å²) in [5.74, 6) is 1.02. The summed E-state index contributed by atoms with van der Waals surface area (Å²) in [5.41, 5.74) is 11.7. The molecule has 0 atom stereocenters. The molecule has 2 aromatic heterocycles. The molecule has 1 fully saturated rings. The lowest BCUT2D eigenvalue weighted by Crippen LogP contribution is -2.26. The molecule has 1 aliphatic carbocycles. The topological polar surface area (TPSA) is 98.4 Å². The quantitative estimate of drug-likeness (QED) is 0.860. The van der Waals surface area contributed by atoms with Gasteiger partial charge in [-0.15, -0.1) is 0 Å². The van der Waals surface area contributed by atoms with E-state index in [2.05, 4.69) is 9.88 Å². The molecule has 20 heavy (non-hydrogen) atoms. The van der Waals surface area contributed by atoms with Crippen molar-refractivity contribution in [1.29, 1.82) is 0 Å². The summed E-state index contributed by atoms with van der Waals surface area (Å²) in [6, 6.07) is 5.85. The SMILES string of the molecule is NC(=O)c1cc(N(Cc2ccco2)C2CC2)ncc1N. The highest BCUT2D eigenvalue weighted by Crippen LogP contribution is 2.33. The Labute approximate surface area is 116 Å². The zero-order chi connectivity index (χ0) is 14.1. The first-order chi connectivity index (χ1) is 9.65. The van der Waals surface area contributed by atoms with Crippen LogP contribution in [0.1, 0.15) is 29.0 Å². The standard InChI is InChI=1S/C14H16N4O2/c15-12-7-17-13(6-11(12)14(16)19)18(9-3-4-9)8-10-2-1-5-20-10/h1-2,5-7,9H,3-4,8,15H2,(H2,16,19). The van der Waals surface area contributed by atoms with E-state index >= 15 is 0 Å². The Morgan fingerprint density at radius 3 is 2.90 bits per heavy atom. The summed E-state index contributed by atoms with van der Waals surface area (Å²) < 4.78 is 5.38. The average molecular weight is 272 g/mol. The fourth-order valence-corrected chi connectivity index (χ4v) is 2.18. The number of rotatable bonds is 5. The van der Waals surface area contributed by atoms with Gasteiger partial charge in [0.25, 0.3) is 5.91 Å². The van der Waals surface area contributed by atoms with Gasteiger partial charge in [-0.1, -0.05) is 0 Å². The van der Waals surface area contributed by atoms with Gasteiger partial charge in [-0.2, -0.15) is 0 Å². The number of amides is 1. The van der Waals surface area contributed by atoms with Gasteiger partial charge >= 0.3 is 0 Å². The number of aromatic nitrogens is 1. The molecule has 0 aromatic carbocycles. The molecule has 1 amide bonds. The number of nitrogens with two attached hydrogens (primary N) is 2. The van der Waals surface area contributed by atoms with Crippen LogP contribution in [0.15, 0.2) is 35.1 Å². The minimum atomic E-state index is -0.542. The molecule has 0 bridgehead atoms. The average Bonchev–Trinajstić information content (AvgIpc) is 3.14. The second kappa shape index (κ2) is 4.88. The van der Waals surface area contributed by atoms with E-state index in [-0.39, 0.29) is 0 Å². The fraction of sp³-hybridized carbons (Fsp3) is 0.286. The zero-order valence-electron chi connectivity index (χ0n) is 11.0. The van der Waals surface area contributed by atoms with Crippen LogP contribution >= 0.6 is 0 Å². The normalized spacial score (nSPS) is 14.2. The highest BCUT2D eigenvalue weighted by molar-refractivity contribution is 5.98. The predicted molar refractivity (Wildman–Crippen MR) is 75.1 cm³/mol. The van der Waals surface area contributed by atoms with Crippen molar-refractivity contribution in [3.63, 3.8) is 0 Å². The molecule has 2 heterocycles. The van der Waals surface area contributed by atoms with Crippen LogP contribution in [0, 0.1) is 0 Å². The highest BCUT2D eigenvalue weighted by atomic mass is 16.3. The van der Waals surface area contributed by atoms with Crippen LogP contribution in [-0.2, 0) is 6.54 Å². The van der Waals surface area contributed by atoms with Crippen LogP contribution in [-0.4, -0.2) is 16.9 Å². The van der Waals surface area contributed by atoms with Crippen molar-refractivity contribution in [2.24, 2.45) is 5.73 Å². The third kappa shape index (κ3) is 2.45. The number of primary amides is 1. The molecule has 6 nitrogen and oxygen atoms in total. The van der Waals surface area contributed by atoms with Gasteiger partial charge < -0.3 is 20.8 Å². The van der Waals surface area contributed by atoms with Crippen LogP contribution in [0.5, 0.6) is 0 Å². The van der Waals surface area contributed by atoms with Gasteiger partial charge in [0.05, 0.1) is 30.3 Å². The van der Waals surface area contributed by atoms with Gasteiger partial charge in [0.1, 0.15) is 11.6 Å². The molecule has 0 unspecified atom stereocenters. The van der Waals surface area contributed by atoms with Crippen molar-refractivity contribution in [1.82, 2.24) is 4.98 Å². The first-order valence-corrected chi connectivity index (χ1v) is 6.49. The van der Waals surface area contributed by atoms with Gasteiger partial charge in [-0.25, -0.2) is 4.98 Å². The van der Waals surface area contributed by atoms with Crippen LogP contribution in [0.25, 0.3) is 0 Å². The van der Waals surface area contributed by atoms with Crippen LogP contribution in [0.3, 0.4) is 0 Å². The molecule has 1 aliphatic rings. The van der Waals surface area contributed by atoms with Gasteiger partial charge in [0, 0.05) is 6.04 Å². The van der Waals surface area contributed by atoms with Crippen molar-refractivity contribution >= 4 is 17.4 Å². The first kappa shape index (κ1) is 12.5. The van der Waals surface area contributed by atoms with Crippen LogP contribution < -0.4 is 16.4 Å². The molecule has 2 aromatic rings. The lowest BCUT2D eigenvalue weighted by atomic mass is 10.2. The zero-order valence-corrected chi connectivity index (χ0v) is 11.0. The summed E-state index contributed by atoms with van der Waals surface area (Å²) >= 11 is 0. The van der Waals surface area contributed by atoms with E-state index in [0.717, 1.165) is 18.6 Å². The summed E-state index contributed by atoms with van der Waals surface area (Å²) in [5, 5.41) is 0. The third-order valence-electron chi connectivity index (χ3n) is 3.37. The van der Waals surface area contributed by atoms with E-state index in [1.807, 2.05) is 12.1 Å². The highest BCUT2D eigenvalue weighted by Gasteiger charge is 2.31. The minimum absolute atomic E-state index is 0.301. The number of hydrogen-bond donors (Lipinski definition) is 2. The number of pyridine rings is 1. The Kier molecular flexibility index (Phi) is 3.06. The van der Waals surface area contributed by atoms with Gasteiger partial charge in [-0.05, 0) is 31.0 Å². The second-order valence-electron chi connectivity index (χ2n) is 4.93. The number of carbonyl (C=O) groups excluding carboxylic acids is 1. The van der Waals surface area contributed by atoms with E-state index in [1.165, 1.54) is 6.20 Å². The molecule has 104 valence electrons. The third-order valence-corrected chi connectivity index (χ3v) is 3.37. The summed E-state index contributed by atoms with van der Waals surface area (Å²) in [7, 11) is 0. The van der Waals surface area contributed by atoms with Crippen LogP contribution in [0.4, 0.5) is 11.5 Å². The molecule has 6 heteroatoms. The maximum atomic E-state index is 11.4. The summed E-state index contributed by atoms with van der Waals surface area (Å²) in [6.45, 7) is 0.618. The van der Waals surface area contributed by atoms with Crippen LogP contribution in [0.2, 0.25) is 0 Å². The fourth-order valence-electron chi connectivity index (χ4n) is 2.18. The minimum Gasteiger partial charge on any atom is -0.467 e. The maximum Gasteiger partial charge on any atom is 0.250 e. The molecule has 0 aliphatic heterocycles. The molecule has 0 spiro atoms. The van der Waals surface area contributed by atoms with Gasteiger partial charge in [-0.3, -0.25) is 4.79 Å². The number of furan rings is 1. The van der Waals surface area contributed by atoms with Crippen molar-refractivity contribution < 1.29 is 9.21 Å². The van der Waals surface area contributed by atoms with Crippen molar-refractivity contribution in [3.8, 4) is 0 Å². The smallest absolute Gasteiger partial charge is 0.250 e. The van der Waals surface area contributed by atoms with Crippen molar-refractivity contribution in [2.75, 3.05) is 10.6 Å². The Morgan fingerprint density at radius 2 is 2.30 bits per heavy atom. The Bertz CT molecular complexity index is 620. The molecular formula is C14H16N4O2. The van der Waals surface area contributed by atoms with E-state index in [0.29, 0.717) is 29.7 Å². The molecule has 0 saturated heterocycles. The molecule has 3 rings (SSSR count). The van der Waals surface area contributed by atoms with E-state index < -0.39 is 5.91 Å².